The molecule has 6 aliphatic rings. The van der Waals surface area contributed by atoms with Crippen molar-refractivity contribution in [3.63, 3.8) is 0 Å². The molecule has 2 heterocycles. The number of rotatable bonds is 2. The highest BCUT2D eigenvalue weighted by Gasteiger charge is 2.79. The quantitative estimate of drug-likeness (QED) is 0.332. The standard InChI is InChI=1S/C25H37NO3Si/c1-21-10-7-20-18(19(21)8-12-24(21,17-26)29-30(2,3)4)6-11-23-16-22(9-5-15-27-22)13-14-25(20,23)28-23/h7,18-19H,5-6,8-16H2,1-4H3/t18?,19?,21-,22?,23+,24-,25+/m0/s1. The Morgan fingerprint density at radius 2 is 1.97 bits per heavy atom. The van der Waals surface area contributed by atoms with Crippen molar-refractivity contribution in [1.29, 1.82) is 5.26 Å². The molecule has 0 N–H and O–H groups in total. The van der Waals surface area contributed by atoms with Crippen LogP contribution >= 0.6 is 0 Å². The van der Waals surface area contributed by atoms with E-state index in [2.05, 4.69) is 38.7 Å². The van der Waals surface area contributed by atoms with Crippen LogP contribution in [0.5, 0.6) is 0 Å². The molecule has 4 nitrogen and oxygen atoms in total. The van der Waals surface area contributed by atoms with E-state index in [-0.39, 0.29) is 22.2 Å². The second-order valence-electron chi connectivity index (χ2n) is 12.5. The molecule has 5 heteroatoms. The van der Waals surface area contributed by atoms with Gasteiger partial charge in [0, 0.05) is 18.4 Å². The normalized spacial score (nSPS) is 53.9. The molecule has 6 rings (SSSR count). The van der Waals surface area contributed by atoms with Crippen LogP contribution in [0.25, 0.3) is 0 Å². The largest absolute Gasteiger partial charge is 0.399 e. The second-order valence-corrected chi connectivity index (χ2v) is 16.9. The van der Waals surface area contributed by atoms with Crippen molar-refractivity contribution < 1.29 is 13.9 Å². The lowest BCUT2D eigenvalue weighted by molar-refractivity contribution is -0.0470. The highest BCUT2D eigenvalue weighted by molar-refractivity contribution is 6.69. The van der Waals surface area contributed by atoms with E-state index in [0.717, 1.165) is 45.1 Å². The van der Waals surface area contributed by atoms with Gasteiger partial charge >= 0.3 is 0 Å². The topological polar surface area (TPSA) is 54.8 Å². The maximum atomic E-state index is 10.3. The number of allylic oxidation sites excluding steroid dienone is 1. The first-order valence-corrected chi connectivity index (χ1v) is 15.7. The summed E-state index contributed by atoms with van der Waals surface area (Å²) in [5.74, 6) is 1.11. The molecule has 0 amide bonds. The first-order valence-electron chi connectivity index (χ1n) is 12.3. The van der Waals surface area contributed by atoms with E-state index in [1.165, 1.54) is 25.7 Å². The Bertz CT molecular complexity index is 851. The molecular weight excluding hydrogens is 390 g/mol. The third-order valence-electron chi connectivity index (χ3n) is 9.96. The summed E-state index contributed by atoms with van der Waals surface area (Å²) in [4.78, 5) is 0. The minimum Gasteiger partial charge on any atom is -0.399 e. The van der Waals surface area contributed by atoms with Gasteiger partial charge in [0.15, 0.2) is 8.32 Å². The molecule has 3 unspecified atom stereocenters. The third-order valence-corrected chi connectivity index (χ3v) is 10.9. The van der Waals surface area contributed by atoms with Gasteiger partial charge in [0.25, 0.3) is 0 Å². The van der Waals surface area contributed by atoms with Gasteiger partial charge in [-0.05, 0) is 94.8 Å². The van der Waals surface area contributed by atoms with E-state index in [9.17, 15) is 5.26 Å². The highest BCUT2D eigenvalue weighted by Crippen LogP contribution is 2.74. The number of hydrogen-bond donors (Lipinski definition) is 0. The summed E-state index contributed by atoms with van der Waals surface area (Å²) in [5, 5.41) is 10.3. The molecule has 0 aromatic carbocycles. The van der Waals surface area contributed by atoms with E-state index < -0.39 is 13.9 Å². The fourth-order valence-corrected chi connectivity index (χ4v) is 10.1. The van der Waals surface area contributed by atoms with Crippen molar-refractivity contribution >= 4 is 8.32 Å². The van der Waals surface area contributed by atoms with Crippen LogP contribution in [0, 0.1) is 28.6 Å². The predicted octanol–water partition coefficient (Wildman–Crippen LogP) is 5.50. The monoisotopic (exact) mass is 427 g/mol. The number of hydrogen-bond acceptors (Lipinski definition) is 4. The van der Waals surface area contributed by atoms with E-state index >= 15 is 0 Å². The average molecular weight is 428 g/mol. The van der Waals surface area contributed by atoms with Gasteiger partial charge in [-0.2, -0.15) is 5.26 Å². The Hall–Kier alpha value is -0.673. The first-order chi connectivity index (χ1) is 14.1. The Labute approximate surface area is 182 Å². The predicted molar refractivity (Wildman–Crippen MR) is 117 cm³/mol. The van der Waals surface area contributed by atoms with Crippen LogP contribution in [0.1, 0.15) is 71.1 Å². The maximum Gasteiger partial charge on any atom is 0.185 e. The Kier molecular flexibility index (Phi) is 3.87. The summed E-state index contributed by atoms with van der Waals surface area (Å²) in [5.41, 5.74) is 1.05. The van der Waals surface area contributed by atoms with Crippen LogP contribution in [0.3, 0.4) is 0 Å². The lowest BCUT2D eigenvalue weighted by atomic mass is 9.52. The number of nitrogens with zero attached hydrogens (tertiary/aromatic N) is 1. The summed E-state index contributed by atoms with van der Waals surface area (Å²) in [7, 11) is -1.82. The van der Waals surface area contributed by atoms with Crippen LogP contribution in [-0.2, 0) is 13.9 Å². The Morgan fingerprint density at radius 3 is 2.67 bits per heavy atom. The minimum atomic E-state index is -1.82. The van der Waals surface area contributed by atoms with Crippen LogP contribution in [-0.4, -0.2) is 37.3 Å². The zero-order chi connectivity index (χ0) is 21.0. The zero-order valence-electron chi connectivity index (χ0n) is 19.2. The fourth-order valence-electron chi connectivity index (χ4n) is 8.70. The van der Waals surface area contributed by atoms with Gasteiger partial charge in [-0.1, -0.05) is 13.0 Å². The van der Waals surface area contributed by atoms with Crippen molar-refractivity contribution in [3.05, 3.63) is 11.6 Å². The molecule has 2 aliphatic heterocycles. The van der Waals surface area contributed by atoms with Crippen LogP contribution in [0.15, 0.2) is 11.6 Å². The summed E-state index contributed by atoms with van der Waals surface area (Å²) in [6.07, 6.45) is 13.7. The number of epoxide rings is 1. The summed E-state index contributed by atoms with van der Waals surface area (Å²) >= 11 is 0. The number of nitriles is 1. The third kappa shape index (κ3) is 2.32. The molecule has 1 spiro atoms. The van der Waals surface area contributed by atoms with Gasteiger partial charge in [0.05, 0.1) is 11.7 Å². The molecule has 7 atom stereocenters. The molecule has 0 radical (unpaired) electrons. The summed E-state index contributed by atoms with van der Waals surface area (Å²) < 4.78 is 19.7. The van der Waals surface area contributed by atoms with Crippen molar-refractivity contribution in [1.82, 2.24) is 0 Å². The molecule has 30 heavy (non-hydrogen) atoms. The molecule has 4 aliphatic carbocycles. The van der Waals surface area contributed by atoms with E-state index in [1.807, 2.05) is 0 Å². The molecule has 3 saturated carbocycles. The fraction of sp³-hybridized carbons (Fsp3) is 0.880. The van der Waals surface area contributed by atoms with E-state index in [4.69, 9.17) is 13.9 Å². The first kappa shape index (κ1) is 20.0. The van der Waals surface area contributed by atoms with Crippen LogP contribution < -0.4 is 0 Å². The van der Waals surface area contributed by atoms with E-state index in [0.29, 0.717) is 11.8 Å². The highest BCUT2D eigenvalue weighted by atomic mass is 28.4. The van der Waals surface area contributed by atoms with Gasteiger partial charge in [0.2, 0.25) is 0 Å². The molecule has 0 aromatic rings. The average Bonchev–Trinajstić information content (AvgIpc) is 3.01. The Morgan fingerprint density at radius 1 is 1.13 bits per heavy atom. The SMILES string of the molecule is C[C@]12CC=C3C(CC[C@@]45CC6(CCCO6)CC[C@@]34O5)C1CC[C@@]2(C#N)O[Si](C)(C)C. The van der Waals surface area contributed by atoms with Gasteiger partial charge in [-0.3, -0.25) is 0 Å². The summed E-state index contributed by atoms with van der Waals surface area (Å²) in [6, 6.07) is 2.71. The molecular formula is C25H37NO3Si. The molecule has 0 aromatic heterocycles. The van der Waals surface area contributed by atoms with Crippen LogP contribution in [0.2, 0.25) is 19.6 Å². The maximum absolute atomic E-state index is 10.3. The lowest BCUT2D eigenvalue weighted by Crippen LogP contribution is -2.56. The van der Waals surface area contributed by atoms with Crippen molar-refractivity contribution in [2.45, 2.75) is 113 Å². The van der Waals surface area contributed by atoms with E-state index in [1.54, 1.807) is 5.57 Å². The number of ether oxygens (including phenoxy) is 2. The minimum absolute atomic E-state index is 0.00796. The van der Waals surface area contributed by atoms with Crippen molar-refractivity contribution in [2.75, 3.05) is 6.61 Å². The van der Waals surface area contributed by atoms with Crippen LogP contribution in [0.4, 0.5) is 0 Å². The second kappa shape index (κ2) is 5.81. The van der Waals surface area contributed by atoms with Gasteiger partial charge in [0.1, 0.15) is 16.8 Å². The van der Waals surface area contributed by atoms with Crippen molar-refractivity contribution in [2.24, 2.45) is 17.3 Å². The summed E-state index contributed by atoms with van der Waals surface area (Å²) in [6.45, 7) is 9.96. The lowest BCUT2D eigenvalue weighted by Gasteiger charge is -2.52. The van der Waals surface area contributed by atoms with Gasteiger partial charge in [-0.15, -0.1) is 0 Å². The van der Waals surface area contributed by atoms with Crippen molar-refractivity contribution in [3.8, 4) is 6.07 Å². The molecule has 164 valence electrons. The number of fused-ring (bicyclic) bond motifs is 3. The molecule has 5 fully saturated rings. The van der Waals surface area contributed by atoms with Gasteiger partial charge in [-0.25, -0.2) is 0 Å². The smallest absolute Gasteiger partial charge is 0.185 e. The molecule has 2 saturated heterocycles. The van der Waals surface area contributed by atoms with Gasteiger partial charge < -0.3 is 13.9 Å². The molecule has 0 bridgehead atoms. The Balaban J connectivity index is 1.33. The zero-order valence-corrected chi connectivity index (χ0v) is 20.2.